The van der Waals surface area contributed by atoms with Crippen molar-refractivity contribution < 1.29 is 19.4 Å². The van der Waals surface area contributed by atoms with Gasteiger partial charge in [-0.1, -0.05) is 30.3 Å². The molecule has 0 saturated carbocycles. The van der Waals surface area contributed by atoms with Crippen molar-refractivity contribution in [2.75, 3.05) is 13.1 Å². The number of hydrogen-bond donors (Lipinski definition) is 1. The summed E-state index contributed by atoms with van der Waals surface area (Å²) in [5.74, 6) is 0.866. The maximum Gasteiger partial charge on any atom is 0.253 e. The standard InChI is InChI=1S/C26H33NO4/c1-18(2)30-23-10-9-21(15-19(23)3)25(29)27-13-11-26(12-14-27)17-22(28)16-24(31-26)20-7-5-4-6-8-20/h4-10,15,18,22,24,28H,11-14,16-17H2,1-3H3/t22-,24+/m0/s1. The lowest BCUT2D eigenvalue weighted by atomic mass is 9.80. The van der Waals surface area contributed by atoms with E-state index >= 15 is 0 Å². The molecular formula is C26H33NO4. The minimum absolute atomic E-state index is 0.0463. The second-order valence-electron chi connectivity index (χ2n) is 9.23. The summed E-state index contributed by atoms with van der Waals surface area (Å²) in [5.41, 5.74) is 2.41. The number of benzene rings is 2. The molecule has 2 heterocycles. The van der Waals surface area contributed by atoms with Gasteiger partial charge in [0.05, 0.1) is 23.9 Å². The Kier molecular flexibility index (Phi) is 6.35. The Labute approximate surface area is 185 Å². The molecule has 5 heteroatoms. The Bertz CT molecular complexity index is 903. The summed E-state index contributed by atoms with van der Waals surface area (Å²) in [6, 6.07) is 15.8. The molecule has 0 aromatic heterocycles. The van der Waals surface area contributed by atoms with Crippen molar-refractivity contribution in [1.82, 2.24) is 4.90 Å². The van der Waals surface area contributed by atoms with Gasteiger partial charge in [-0.05, 0) is 62.9 Å². The minimum atomic E-state index is -0.377. The first-order chi connectivity index (χ1) is 14.8. The predicted molar refractivity (Wildman–Crippen MR) is 120 cm³/mol. The van der Waals surface area contributed by atoms with Crippen molar-refractivity contribution >= 4 is 5.91 Å². The summed E-state index contributed by atoms with van der Waals surface area (Å²) >= 11 is 0. The Morgan fingerprint density at radius 2 is 1.87 bits per heavy atom. The van der Waals surface area contributed by atoms with E-state index in [2.05, 4.69) is 12.1 Å². The van der Waals surface area contributed by atoms with Crippen LogP contribution in [0.25, 0.3) is 0 Å². The van der Waals surface area contributed by atoms with Gasteiger partial charge in [-0.15, -0.1) is 0 Å². The number of nitrogens with zero attached hydrogens (tertiary/aromatic N) is 1. The average Bonchev–Trinajstić information content (AvgIpc) is 2.75. The number of aryl methyl sites for hydroxylation is 1. The molecule has 31 heavy (non-hydrogen) atoms. The normalized spacial score (nSPS) is 23.2. The maximum absolute atomic E-state index is 13.1. The fourth-order valence-electron chi connectivity index (χ4n) is 4.82. The monoisotopic (exact) mass is 423 g/mol. The number of aliphatic hydroxyl groups excluding tert-OH is 1. The van der Waals surface area contributed by atoms with Crippen LogP contribution in [0.1, 0.15) is 67.1 Å². The molecule has 0 aliphatic carbocycles. The highest BCUT2D eigenvalue weighted by Gasteiger charge is 2.44. The smallest absolute Gasteiger partial charge is 0.253 e. The molecule has 2 aliphatic rings. The van der Waals surface area contributed by atoms with Crippen LogP contribution in [0.3, 0.4) is 0 Å². The van der Waals surface area contributed by atoms with Crippen LogP contribution in [-0.2, 0) is 4.74 Å². The summed E-state index contributed by atoms with van der Waals surface area (Å²) in [5, 5.41) is 10.6. The molecule has 2 fully saturated rings. The lowest BCUT2D eigenvalue weighted by Gasteiger charge is -2.48. The van der Waals surface area contributed by atoms with E-state index in [1.165, 1.54) is 0 Å². The molecule has 1 N–H and O–H groups in total. The number of aliphatic hydroxyl groups is 1. The molecule has 2 saturated heterocycles. The quantitative estimate of drug-likeness (QED) is 0.776. The van der Waals surface area contributed by atoms with Crippen LogP contribution in [0.15, 0.2) is 48.5 Å². The van der Waals surface area contributed by atoms with Gasteiger partial charge in [0, 0.05) is 31.5 Å². The average molecular weight is 424 g/mol. The summed E-state index contributed by atoms with van der Waals surface area (Å²) in [6.07, 6.45) is 2.38. The molecular weight excluding hydrogens is 390 g/mol. The van der Waals surface area contributed by atoms with E-state index < -0.39 is 0 Å². The van der Waals surface area contributed by atoms with Gasteiger partial charge in [0.15, 0.2) is 0 Å². The van der Waals surface area contributed by atoms with Crippen molar-refractivity contribution in [1.29, 1.82) is 0 Å². The van der Waals surface area contributed by atoms with Gasteiger partial charge in [0.2, 0.25) is 0 Å². The van der Waals surface area contributed by atoms with Crippen molar-refractivity contribution in [2.24, 2.45) is 0 Å². The fraction of sp³-hybridized carbons (Fsp3) is 0.500. The fourth-order valence-corrected chi connectivity index (χ4v) is 4.82. The van der Waals surface area contributed by atoms with Crippen LogP contribution >= 0.6 is 0 Å². The van der Waals surface area contributed by atoms with Crippen molar-refractivity contribution in [3.63, 3.8) is 0 Å². The van der Waals surface area contributed by atoms with Crippen LogP contribution in [0, 0.1) is 6.92 Å². The van der Waals surface area contributed by atoms with Gasteiger partial charge in [-0.2, -0.15) is 0 Å². The zero-order valence-electron chi connectivity index (χ0n) is 18.7. The van der Waals surface area contributed by atoms with E-state index in [1.54, 1.807) is 0 Å². The SMILES string of the molecule is Cc1cc(C(=O)N2CCC3(CC2)C[C@@H](O)C[C@H](c2ccccc2)O3)ccc1OC(C)C. The van der Waals surface area contributed by atoms with Crippen LogP contribution < -0.4 is 4.74 Å². The van der Waals surface area contributed by atoms with Gasteiger partial charge < -0.3 is 19.5 Å². The highest BCUT2D eigenvalue weighted by Crippen LogP contribution is 2.43. The van der Waals surface area contributed by atoms with E-state index in [-0.39, 0.29) is 29.8 Å². The molecule has 2 aromatic rings. The lowest BCUT2D eigenvalue weighted by molar-refractivity contribution is -0.181. The summed E-state index contributed by atoms with van der Waals surface area (Å²) in [4.78, 5) is 15.0. The van der Waals surface area contributed by atoms with Crippen LogP contribution in [0.5, 0.6) is 5.75 Å². The number of ether oxygens (including phenoxy) is 2. The Hall–Kier alpha value is -2.37. The zero-order chi connectivity index (χ0) is 22.0. The number of carbonyl (C=O) groups is 1. The second kappa shape index (κ2) is 9.01. The number of hydrogen-bond acceptors (Lipinski definition) is 4. The molecule has 0 bridgehead atoms. The van der Waals surface area contributed by atoms with E-state index in [1.807, 2.05) is 62.1 Å². The third-order valence-electron chi connectivity index (χ3n) is 6.40. The first-order valence-corrected chi connectivity index (χ1v) is 11.3. The molecule has 0 radical (unpaired) electrons. The van der Waals surface area contributed by atoms with Gasteiger partial charge in [-0.3, -0.25) is 4.79 Å². The summed E-state index contributed by atoms with van der Waals surface area (Å²) in [7, 11) is 0. The van der Waals surface area contributed by atoms with Gasteiger partial charge in [-0.25, -0.2) is 0 Å². The Morgan fingerprint density at radius 1 is 1.16 bits per heavy atom. The summed E-state index contributed by atoms with van der Waals surface area (Å²) in [6.45, 7) is 7.23. The largest absolute Gasteiger partial charge is 0.491 e. The van der Waals surface area contributed by atoms with Crippen LogP contribution in [-0.4, -0.2) is 46.8 Å². The number of rotatable bonds is 4. The number of likely N-dealkylation sites (tertiary alicyclic amines) is 1. The first-order valence-electron chi connectivity index (χ1n) is 11.3. The molecule has 2 aliphatic heterocycles. The number of amides is 1. The Morgan fingerprint density at radius 3 is 2.52 bits per heavy atom. The molecule has 1 amide bonds. The van der Waals surface area contributed by atoms with Crippen LogP contribution in [0.2, 0.25) is 0 Å². The molecule has 4 rings (SSSR count). The minimum Gasteiger partial charge on any atom is -0.491 e. The van der Waals surface area contributed by atoms with E-state index in [0.717, 1.165) is 29.7 Å². The molecule has 2 atom stereocenters. The highest BCUT2D eigenvalue weighted by atomic mass is 16.5. The third kappa shape index (κ3) is 4.94. The second-order valence-corrected chi connectivity index (χ2v) is 9.23. The molecule has 0 unspecified atom stereocenters. The Balaban J connectivity index is 1.42. The molecule has 1 spiro atoms. The van der Waals surface area contributed by atoms with E-state index in [4.69, 9.17) is 9.47 Å². The third-order valence-corrected chi connectivity index (χ3v) is 6.40. The molecule has 166 valence electrons. The van der Waals surface area contributed by atoms with Crippen molar-refractivity contribution in [3.8, 4) is 5.75 Å². The van der Waals surface area contributed by atoms with Gasteiger partial charge in [0.1, 0.15) is 5.75 Å². The number of carbonyl (C=O) groups excluding carboxylic acids is 1. The predicted octanol–water partition coefficient (Wildman–Crippen LogP) is 4.67. The molecule has 2 aromatic carbocycles. The topological polar surface area (TPSA) is 59.0 Å². The van der Waals surface area contributed by atoms with Crippen molar-refractivity contribution in [3.05, 3.63) is 65.2 Å². The highest BCUT2D eigenvalue weighted by molar-refractivity contribution is 5.94. The van der Waals surface area contributed by atoms with E-state index in [0.29, 0.717) is 31.5 Å². The number of piperidine rings is 1. The maximum atomic E-state index is 13.1. The summed E-state index contributed by atoms with van der Waals surface area (Å²) < 4.78 is 12.4. The van der Waals surface area contributed by atoms with Crippen molar-refractivity contribution in [2.45, 2.75) is 70.4 Å². The van der Waals surface area contributed by atoms with E-state index in [9.17, 15) is 9.90 Å². The first kappa shape index (κ1) is 21.8. The van der Waals surface area contributed by atoms with Gasteiger partial charge in [0.25, 0.3) is 5.91 Å². The van der Waals surface area contributed by atoms with Crippen LogP contribution in [0.4, 0.5) is 0 Å². The zero-order valence-corrected chi connectivity index (χ0v) is 18.7. The molecule has 5 nitrogen and oxygen atoms in total. The lowest BCUT2D eigenvalue weighted by Crippen LogP contribution is -2.52. The van der Waals surface area contributed by atoms with Gasteiger partial charge >= 0.3 is 0 Å².